The molecule has 1 rings (SSSR count). The Morgan fingerprint density at radius 2 is 2.00 bits per heavy atom. The van der Waals surface area contributed by atoms with Crippen molar-refractivity contribution in [2.24, 2.45) is 5.92 Å². The Balaban J connectivity index is 2.19. The normalized spacial score (nSPS) is 19.7. The van der Waals surface area contributed by atoms with Gasteiger partial charge in [0.1, 0.15) is 0 Å². The van der Waals surface area contributed by atoms with Crippen LogP contribution in [0.25, 0.3) is 0 Å². The van der Waals surface area contributed by atoms with Gasteiger partial charge in [-0.2, -0.15) is 5.26 Å². The third kappa shape index (κ3) is 4.66. The quantitative estimate of drug-likeness (QED) is 0.680. The fraction of sp³-hybridized carbons (Fsp3) is 0.923. The molecule has 0 saturated heterocycles. The van der Waals surface area contributed by atoms with Crippen LogP contribution in [0.1, 0.15) is 58.3 Å². The second kappa shape index (κ2) is 7.70. The topological polar surface area (TPSA) is 35.8 Å². The Morgan fingerprint density at radius 3 is 2.60 bits per heavy atom. The zero-order chi connectivity index (χ0) is 10.9. The van der Waals surface area contributed by atoms with E-state index in [-0.39, 0.29) is 6.04 Å². The summed E-state index contributed by atoms with van der Waals surface area (Å²) in [6.45, 7) is 3.23. The first-order valence-electron chi connectivity index (χ1n) is 6.51. The number of rotatable bonds is 6. The van der Waals surface area contributed by atoms with E-state index in [1.807, 2.05) is 0 Å². The summed E-state index contributed by atoms with van der Waals surface area (Å²) in [5.74, 6) is 0.616. The van der Waals surface area contributed by atoms with E-state index in [0.29, 0.717) is 5.92 Å². The van der Waals surface area contributed by atoms with Crippen LogP contribution in [0.2, 0.25) is 0 Å². The molecule has 0 amide bonds. The molecule has 1 aliphatic carbocycles. The lowest BCUT2D eigenvalue weighted by molar-refractivity contribution is 0.304. The van der Waals surface area contributed by atoms with Crippen LogP contribution in [0.15, 0.2) is 0 Å². The van der Waals surface area contributed by atoms with Gasteiger partial charge in [-0.25, -0.2) is 0 Å². The molecular formula is C13H24N2. The lowest BCUT2D eigenvalue weighted by Crippen LogP contribution is -2.36. The summed E-state index contributed by atoms with van der Waals surface area (Å²) in [6.07, 6.45) is 10.2. The van der Waals surface area contributed by atoms with Crippen LogP contribution >= 0.6 is 0 Å². The predicted octanol–water partition coefficient (Wildman–Crippen LogP) is 3.24. The second-order valence-electron chi connectivity index (χ2n) is 4.67. The molecule has 0 aliphatic heterocycles. The average molecular weight is 208 g/mol. The third-order valence-corrected chi connectivity index (χ3v) is 3.40. The summed E-state index contributed by atoms with van der Waals surface area (Å²) in [4.78, 5) is 0. The lowest BCUT2D eigenvalue weighted by atomic mass is 9.84. The maximum Gasteiger partial charge on any atom is 0.0981 e. The average Bonchev–Trinajstić information content (AvgIpc) is 2.30. The van der Waals surface area contributed by atoms with E-state index in [1.165, 1.54) is 51.4 Å². The molecule has 1 unspecified atom stereocenters. The van der Waals surface area contributed by atoms with E-state index in [0.717, 1.165) is 6.54 Å². The molecule has 86 valence electrons. The van der Waals surface area contributed by atoms with Gasteiger partial charge in [0.25, 0.3) is 0 Å². The lowest BCUT2D eigenvalue weighted by Gasteiger charge is -2.26. The molecule has 0 aromatic heterocycles. The van der Waals surface area contributed by atoms with E-state index in [2.05, 4.69) is 18.3 Å². The fourth-order valence-corrected chi connectivity index (χ4v) is 2.42. The highest BCUT2D eigenvalue weighted by molar-refractivity contribution is 4.95. The minimum atomic E-state index is 0.113. The Morgan fingerprint density at radius 1 is 1.27 bits per heavy atom. The van der Waals surface area contributed by atoms with Gasteiger partial charge in [-0.15, -0.1) is 0 Å². The Hall–Kier alpha value is -0.550. The maximum atomic E-state index is 9.12. The van der Waals surface area contributed by atoms with Crippen molar-refractivity contribution in [1.82, 2.24) is 5.32 Å². The van der Waals surface area contributed by atoms with Crippen molar-refractivity contribution in [3.8, 4) is 6.07 Å². The van der Waals surface area contributed by atoms with E-state index in [1.54, 1.807) is 0 Å². The number of nitrogens with zero attached hydrogens (tertiary/aromatic N) is 1. The van der Waals surface area contributed by atoms with Gasteiger partial charge in [-0.1, -0.05) is 39.0 Å². The van der Waals surface area contributed by atoms with E-state index < -0.39 is 0 Å². The second-order valence-corrected chi connectivity index (χ2v) is 4.67. The molecule has 1 aliphatic rings. The first-order valence-corrected chi connectivity index (χ1v) is 6.51. The van der Waals surface area contributed by atoms with Crippen LogP contribution < -0.4 is 5.32 Å². The fourth-order valence-electron chi connectivity index (χ4n) is 2.42. The number of nitrogens with one attached hydrogen (secondary N) is 1. The molecule has 1 saturated carbocycles. The Bertz CT molecular complexity index is 189. The van der Waals surface area contributed by atoms with Gasteiger partial charge in [0, 0.05) is 0 Å². The van der Waals surface area contributed by atoms with Crippen LogP contribution in [-0.4, -0.2) is 12.6 Å². The van der Waals surface area contributed by atoms with Gasteiger partial charge in [0.15, 0.2) is 0 Å². The largest absolute Gasteiger partial charge is 0.302 e. The van der Waals surface area contributed by atoms with Crippen LogP contribution in [0.5, 0.6) is 0 Å². The SMILES string of the molecule is CCCCCNC(C#N)C1CCCCC1. The highest BCUT2D eigenvalue weighted by atomic mass is 14.9. The summed E-state index contributed by atoms with van der Waals surface area (Å²) in [5.41, 5.74) is 0. The van der Waals surface area contributed by atoms with Crippen LogP contribution in [0, 0.1) is 17.2 Å². The summed E-state index contributed by atoms with van der Waals surface area (Å²) in [7, 11) is 0. The number of nitriles is 1. The Kier molecular flexibility index (Phi) is 6.43. The van der Waals surface area contributed by atoms with Gasteiger partial charge in [0.2, 0.25) is 0 Å². The molecule has 0 aromatic rings. The monoisotopic (exact) mass is 208 g/mol. The molecule has 0 heterocycles. The van der Waals surface area contributed by atoms with Crippen LogP contribution in [0.3, 0.4) is 0 Å². The summed E-state index contributed by atoms with van der Waals surface area (Å²) in [6, 6.07) is 2.55. The van der Waals surface area contributed by atoms with Gasteiger partial charge >= 0.3 is 0 Å². The highest BCUT2D eigenvalue weighted by Crippen LogP contribution is 2.26. The zero-order valence-electron chi connectivity index (χ0n) is 9.97. The van der Waals surface area contributed by atoms with Gasteiger partial charge in [-0.3, -0.25) is 0 Å². The molecule has 0 spiro atoms. The third-order valence-electron chi connectivity index (χ3n) is 3.40. The highest BCUT2D eigenvalue weighted by Gasteiger charge is 2.22. The van der Waals surface area contributed by atoms with Crippen molar-refractivity contribution < 1.29 is 0 Å². The minimum Gasteiger partial charge on any atom is -0.302 e. The van der Waals surface area contributed by atoms with Gasteiger partial charge < -0.3 is 5.32 Å². The first-order chi connectivity index (χ1) is 7.38. The van der Waals surface area contributed by atoms with Crippen LogP contribution in [-0.2, 0) is 0 Å². The van der Waals surface area contributed by atoms with Crippen molar-refractivity contribution in [3.63, 3.8) is 0 Å². The summed E-state index contributed by atoms with van der Waals surface area (Å²) < 4.78 is 0. The standard InChI is InChI=1S/C13H24N2/c1-2-3-7-10-15-13(11-14)12-8-5-4-6-9-12/h12-13,15H,2-10H2,1H3. The molecule has 1 N–H and O–H groups in total. The first kappa shape index (κ1) is 12.5. The Labute approximate surface area is 94.1 Å². The molecule has 0 bridgehead atoms. The van der Waals surface area contributed by atoms with Gasteiger partial charge in [-0.05, 0) is 31.7 Å². The summed E-state index contributed by atoms with van der Waals surface area (Å²) in [5, 5.41) is 12.5. The van der Waals surface area contributed by atoms with Crippen molar-refractivity contribution in [1.29, 1.82) is 5.26 Å². The molecule has 0 aromatic carbocycles. The van der Waals surface area contributed by atoms with Crippen molar-refractivity contribution in [2.75, 3.05) is 6.54 Å². The molecule has 2 heteroatoms. The summed E-state index contributed by atoms with van der Waals surface area (Å²) >= 11 is 0. The molecule has 1 atom stereocenters. The number of hydrogen-bond acceptors (Lipinski definition) is 2. The maximum absolute atomic E-state index is 9.12. The molecule has 1 fully saturated rings. The number of hydrogen-bond donors (Lipinski definition) is 1. The van der Waals surface area contributed by atoms with E-state index >= 15 is 0 Å². The van der Waals surface area contributed by atoms with Crippen molar-refractivity contribution >= 4 is 0 Å². The van der Waals surface area contributed by atoms with Gasteiger partial charge in [0.05, 0.1) is 12.1 Å². The predicted molar refractivity (Wildman–Crippen MR) is 63.5 cm³/mol. The van der Waals surface area contributed by atoms with Crippen molar-refractivity contribution in [2.45, 2.75) is 64.3 Å². The molecular weight excluding hydrogens is 184 g/mol. The molecule has 0 radical (unpaired) electrons. The molecule has 15 heavy (non-hydrogen) atoms. The molecule has 2 nitrogen and oxygen atoms in total. The smallest absolute Gasteiger partial charge is 0.0981 e. The number of unbranched alkanes of at least 4 members (excludes halogenated alkanes) is 2. The van der Waals surface area contributed by atoms with E-state index in [4.69, 9.17) is 5.26 Å². The van der Waals surface area contributed by atoms with Crippen molar-refractivity contribution in [3.05, 3.63) is 0 Å². The minimum absolute atomic E-state index is 0.113. The van der Waals surface area contributed by atoms with E-state index in [9.17, 15) is 0 Å². The van der Waals surface area contributed by atoms with Crippen LogP contribution in [0.4, 0.5) is 0 Å². The zero-order valence-corrected chi connectivity index (χ0v) is 9.97.